The summed E-state index contributed by atoms with van der Waals surface area (Å²) in [6, 6.07) is 10.6. The van der Waals surface area contributed by atoms with Crippen LogP contribution in [0.2, 0.25) is 0 Å². The van der Waals surface area contributed by atoms with Gasteiger partial charge in [-0.1, -0.05) is 24.3 Å². The van der Waals surface area contributed by atoms with E-state index < -0.39 is 12.1 Å². The first-order valence-corrected chi connectivity index (χ1v) is 5.74. The van der Waals surface area contributed by atoms with Gasteiger partial charge in [0.1, 0.15) is 0 Å². The maximum atomic E-state index is 12.3. The van der Waals surface area contributed by atoms with Crippen molar-refractivity contribution in [1.29, 1.82) is 0 Å². The number of nitrogen functional groups attached to an aromatic ring is 1. The molecule has 2 aromatic rings. The molecule has 0 amide bonds. The van der Waals surface area contributed by atoms with Crippen molar-refractivity contribution in [3.63, 3.8) is 0 Å². The molecule has 3 nitrogen and oxygen atoms in total. The topological polar surface area (TPSA) is 44.5 Å². The monoisotopic (exact) mass is 283 g/mol. The average Bonchev–Trinajstić information content (AvgIpc) is 2.35. The third kappa shape index (κ3) is 3.34. The zero-order valence-corrected chi connectivity index (χ0v) is 10.6. The van der Waals surface area contributed by atoms with E-state index in [0.717, 1.165) is 5.56 Å². The highest BCUT2D eigenvalue weighted by atomic mass is 19.4. The second-order valence-corrected chi connectivity index (χ2v) is 4.08. The SMILES string of the molecule is Cc1cccc(Oc2ccccc2OC(F)(F)F)c1N. The van der Waals surface area contributed by atoms with Crippen LogP contribution in [0.15, 0.2) is 42.5 Å². The number of ether oxygens (including phenoxy) is 2. The molecular weight excluding hydrogens is 271 g/mol. The summed E-state index contributed by atoms with van der Waals surface area (Å²) in [4.78, 5) is 0. The molecule has 0 aromatic heterocycles. The summed E-state index contributed by atoms with van der Waals surface area (Å²) >= 11 is 0. The largest absolute Gasteiger partial charge is 0.573 e. The molecule has 0 radical (unpaired) electrons. The number of benzene rings is 2. The van der Waals surface area contributed by atoms with Crippen LogP contribution >= 0.6 is 0 Å². The standard InChI is InChI=1S/C14H12F3NO2/c1-9-5-4-8-12(13(9)18)19-10-6-2-3-7-11(10)20-14(15,16)17/h2-8H,18H2,1H3. The number of hydrogen-bond acceptors (Lipinski definition) is 3. The highest BCUT2D eigenvalue weighted by Crippen LogP contribution is 2.37. The molecule has 2 N–H and O–H groups in total. The van der Waals surface area contributed by atoms with Crippen LogP contribution < -0.4 is 15.2 Å². The zero-order chi connectivity index (χ0) is 14.8. The maximum Gasteiger partial charge on any atom is 0.573 e. The van der Waals surface area contributed by atoms with E-state index in [4.69, 9.17) is 10.5 Å². The summed E-state index contributed by atoms with van der Waals surface area (Å²) in [6.45, 7) is 1.78. The van der Waals surface area contributed by atoms with E-state index in [-0.39, 0.29) is 11.5 Å². The quantitative estimate of drug-likeness (QED) is 0.856. The van der Waals surface area contributed by atoms with E-state index in [0.29, 0.717) is 5.69 Å². The van der Waals surface area contributed by atoms with Crippen LogP contribution in [0, 0.1) is 6.92 Å². The Morgan fingerprint density at radius 2 is 1.50 bits per heavy atom. The van der Waals surface area contributed by atoms with Gasteiger partial charge in [-0.3, -0.25) is 0 Å². The Hall–Kier alpha value is -2.37. The van der Waals surface area contributed by atoms with E-state index in [1.165, 1.54) is 18.2 Å². The number of nitrogens with two attached hydrogens (primary N) is 1. The Morgan fingerprint density at radius 3 is 2.15 bits per heavy atom. The Kier molecular flexibility index (Phi) is 3.74. The van der Waals surface area contributed by atoms with Gasteiger partial charge in [0.15, 0.2) is 17.2 Å². The third-order valence-corrected chi connectivity index (χ3v) is 2.58. The summed E-state index contributed by atoms with van der Waals surface area (Å²) in [6.07, 6.45) is -4.78. The predicted octanol–water partition coefficient (Wildman–Crippen LogP) is 4.27. The lowest BCUT2D eigenvalue weighted by Gasteiger charge is -2.15. The molecule has 106 valence electrons. The first-order chi connectivity index (χ1) is 9.37. The van der Waals surface area contributed by atoms with Crippen LogP contribution in [0.1, 0.15) is 5.56 Å². The molecule has 2 rings (SSSR count). The van der Waals surface area contributed by atoms with Gasteiger partial charge in [-0.05, 0) is 30.7 Å². The first kappa shape index (κ1) is 14.0. The van der Waals surface area contributed by atoms with Gasteiger partial charge in [0.2, 0.25) is 0 Å². The van der Waals surface area contributed by atoms with Crippen LogP contribution in [0.25, 0.3) is 0 Å². The van der Waals surface area contributed by atoms with Crippen molar-refractivity contribution in [2.45, 2.75) is 13.3 Å². The second-order valence-electron chi connectivity index (χ2n) is 4.08. The molecule has 0 heterocycles. The molecule has 0 aliphatic heterocycles. The van der Waals surface area contributed by atoms with Crippen molar-refractivity contribution in [3.05, 3.63) is 48.0 Å². The van der Waals surface area contributed by atoms with Crippen LogP contribution in [0.3, 0.4) is 0 Å². The molecule has 0 bridgehead atoms. The average molecular weight is 283 g/mol. The third-order valence-electron chi connectivity index (χ3n) is 2.58. The van der Waals surface area contributed by atoms with Gasteiger partial charge in [0, 0.05) is 0 Å². The highest BCUT2D eigenvalue weighted by molar-refractivity contribution is 5.59. The summed E-state index contributed by atoms with van der Waals surface area (Å²) in [5.41, 5.74) is 6.96. The van der Waals surface area contributed by atoms with Crippen molar-refractivity contribution in [1.82, 2.24) is 0 Å². The van der Waals surface area contributed by atoms with Crippen molar-refractivity contribution < 1.29 is 22.6 Å². The van der Waals surface area contributed by atoms with Gasteiger partial charge in [0.25, 0.3) is 0 Å². The Morgan fingerprint density at radius 1 is 0.900 bits per heavy atom. The molecule has 0 atom stereocenters. The van der Waals surface area contributed by atoms with Crippen LogP contribution in [-0.4, -0.2) is 6.36 Å². The molecule has 0 aliphatic rings. The summed E-state index contributed by atoms with van der Waals surface area (Å²) < 4.78 is 46.2. The van der Waals surface area contributed by atoms with Crippen molar-refractivity contribution >= 4 is 5.69 Å². The van der Waals surface area contributed by atoms with E-state index >= 15 is 0 Å². The summed E-state index contributed by atoms with van der Waals surface area (Å²) in [5, 5.41) is 0. The molecule has 20 heavy (non-hydrogen) atoms. The lowest BCUT2D eigenvalue weighted by atomic mass is 10.2. The van der Waals surface area contributed by atoms with Crippen LogP contribution in [0.4, 0.5) is 18.9 Å². The Bertz CT molecular complexity index is 612. The minimum atomic E-state index is -4.78. The number of rotatable bonds is 3. The Balaban J connectivity index is 2.32. The fourth-order valence-electron chi connectivity index (χ4n) is 1.60. The highest BCUT2D eigenvalue weighted by Gasteiger charge is 2.32. The molecule has 0 aliphatic carbocycles. The van der Waals surface area contributed by atoms with Gasteiger partial charge in [0.05, 0.1) is 5.69 Å². The zero-order valence-electron chi connectivity index (χ0n) is 10.6. The molecule has 0 fully saturated rings. The fourth-order valence-corrected chi connectivity index (χ4v) is 1.60. The Labute approximate surface area is 113 Å². The van der Waals surface area contributed by atoms with Gasteiger partial charge in [-0.2, -0.15) is 0 Å². The molecule has 0 saturated heterocycles. The van der Waals surface area contributed by atoms with E-state index in [1.54, 1.807) is 31.2 Å². The van der Waals surface area contributed by atoms with Gasteiger partial charge in [-0.25, -0.2) is 0 Å². The van der Waals surface area contributed by atoms with Gasteiger partial charge >= 0.3 is 6.36 Å². The lowest BCUT2D eigenvalue weighted by molar-refractivity contribution is -0.275. The minimum Gasteiger partial charge on any atom is -0.451 e. The first-order valence-electron chi connectivity index (χ1n) is 5.74. The number of para-hydroxylation sites is 3. The summed E-state index contributed by atoms with van der Waals surface area (Å²) in [5.74, 6) is -0.189. The molecular formula is C14H12F3NO2. The molecule has 0 unspecified atom stereocenters. The molecule has 0 saturated carbocycles. The van der Waals surface area contributed by atoms with E-state index in [2.05, 4.69) is 4.74 Å². The van der Waals surface area contributed by atoms with Crippen molar-refractivity contribution in [3.8, 4) is 17.2 Å². The van der Waals surface area contributed by atoms with Gasteiger partial charge < -0.3 is 15.2 Å². The summed E-state index contributed by atoms with van der Waals surface area (Å²) in [7, 11) is 0. The number of alkyl halides is 3. The minimum absolute atomic E-state index is 0.0536. The molecule has 2 aromatic carbocycles. The van der Waals surface area contributed by atoms with Crippen LogP contribution in [-0.2, 0) is 0 Å². The number of halogens is 3. The number of hydrogen-bond donors (Lipinski definition) is 1. The smallest absolute Gasteiger partial charge is 0.451 e. The number of aryl methyl sites for hydroxylation is 1. The lowest BCUT2D eigenvalue weighted by Crippen LogP contribution is -2.17. The van der Waals surface area contributed by atoms with Gasteiger partial charge in [-0.15, -0.1) is 13.2 Å². The van der Waals surface area contributed by atoms with E-state index in [9.17, 15) is 13.2 Å². The fraction of sp³-hybridized carbons (Fsp3) is 0.143. The van der Waals surface area contributed by atoms with Crippen LogP contribution in [0.5, 0.6) is 17.2 Å². The van der Waals surface area contributed by atoms with E-state index in [1.807, 2.05) is 0 Å². The molecule has 6 heteroatoms. The predicted molar refractivity (Wildman–Crippen MR) is 68.8 cm³/mol. The molecule has 0 spiro atoms. The normalized spacial score (nSPS) is 11.2. The van der Waals surface area contributed by atoms with Crippen molar-refractivity contribution in [2.75, 3.05) is 5.73 Å². The van der Waals surface area contributed by atoms with Crippen molar-refractivity contribution in [2.24, 2.45) is 0 Å². The second kappa shape index (κ2) is 5.32. The maximum absolute atomic E-state index is 12.3. The number of anilines is 1.